The highest BCUT2D eigenvalue weighted by Crippen LogP contribution is 2.26. The molecule has 0 aliphatic carbocycles. The van der Waals surface area contributed by atoms with Crippen molar-refractivity contribution in [1.82, 2.24) is 4.90 Å². The van der Waals surface area contributed by atoms with E-state index in [1.807, 2.05) is 17.0 Å². The molecule has 2 atom stereocenters. The molecule has 3 rings (SSSR count). The van der Waals surface area contributed by atoms with E-state index in [-0.39, 0.29) is 11.3 Å². The summed E-state index contributed by atoms with van der Waals surface area (Å²) in [5.41, 5.74) is 2.44. The molecule has 2 unspecified atom stereocenters. The Morgan fingerprint density at radius 1 is 1.00 bits per heavy atom. The van der Waals surface area contributed by atoms with E-state index >= 15 is 0 Å². The van der Waals surface area contributed by atoms with Crippen LogP contribution >= 0.6 is 0 Å². The number of nitrogens with one attached hydrogen (secondary N) is 1. The highest BCUT2D eigenvalue weighted by Gasteiger charge is 2.19. The summed E-state index contributed by atoms with van der Waals surface area (Å²) in [6.07, 6.45) is 2.26. The molecule has 1 saturated heterocycles. The van der Waals surface area contributed by atoms with Gasteiger partial charge in [0, 0.05) is 44.0 Å². The number of aliphatic hydroxyl groups excluding tert-OH is 2. The molecule has 0 spiro atoms. The molecule has 0 bridgehead atoms. The van der Waals surface area contributed by atoms with Crippen LogP contribution in [0.5, 0.6) is 0 Å². The fourth-order valence-electron chi connectivity index (χ4n) is 4.38. The minimum absolute atomic E-state index is 0.0626. The number of anilines is 2. The minimum atomic E-state index is -1.09. The summed E-state index contributed by atoms with van der Waals surface area (Å²) in [4.78, 5) is 29.0. The predicted molar refractivity (Wildman–Crippen MR) is 132 cm³/mol. The van der Waals surface area contributed by atoms with Gasteiger partial charge in [0.1, 0.15) is 0 Å². The van der Waals surface area contributed by atoms with Crippen molar-refractivity contribution in [2.75, 3.05) is 36.4 Å². The number of amides is 1. The smallest absolute Gasteiger partial charge is 0.337 e. The number of hydrogen-bond donors (Lipinski definition) is 4. The van der Waals surface area contributed by atoms with Gasteiger partial charge in [0.25, 0.3) is 5.91 Å². The molecule has 1 aliphatic heterocycles. The number of hydrogen-bond acceptors (Lipinski definition) is 6. The number of rotatable bonds is 10. The largest absolute Gasteiger partial charge is 0.478 e. The molecule has 8 heteroatoms. The fourth-order valence-corrected chi connectivity index (χ4v) is 4.38. The van der Waals surface area contributed by atoms with Crippen LogP contribution in [0, 0.1) is 0 Å². The van der Waals surface area contributed by atoms with Crippen LogP contribution in [0.4, 0.5) is 11.4 Å². The van der Waals surface area contributed by atoms with Crippen molar-refractivity contribution in [3.8, 4) is 0 Å². The van der Waals surface area contributed by atoms with Crippen LogP contribution in [0.15, 0.2) is 42.5 Å². The molecule has 2 aromatic carbocycles. The first kappa shape index (κ1) is 25.7. The summed E-state index contributed by atoms with van der Waals surface area (Å²) in [5, 5.41) is 32.0. The van der Waals surface area contributed by atoms with Crippen LogP contribution in [0.25, 0.3) is 0 Å². The van der Waals surface area contributed by atoms with Crippen LogP contribution < -0.4 is 10.2 Å². The van der Waals surface area contributed by atoms with Crippen molar-refractivity contribution in [2.45, 2.75) is 51.9 Å². The van der Waals surface area contributed by atoms with Gasteiger partial charge in [-0.1, -0.05) is 12.1 Å². The van der Waals surface area contributed by atoms with Gasteiger partial charge in [-0.15, -0.1) is 0 Å². The third kappa shape index (κ3) is 7.28. The number of piperidine rings is 1. The number of carboxylic acids is 1. The Kier molecular flexibility index (Phi) is 9.04. The lowest BCUT2D eigenvalue weighted by Crippen LogP contribution is -2.35. The molecule has 8 nitrogen and oxygen atoms in total. The molecule has 34 heavy (non-hydrogen) atoms. The van der Waals surface area contributed by atoms with E-state index < -0.39 is 24.1 Å². The van der Waals surface area contributed by atoms with Crippen LogP contribution in [-0.4, -0.2) is 70.5 Å². The first-order valence-electron chi connectivity index (χ1n) is 11.8. The summed E-state index contributed by atoms with van der Waals surface area (Å²) in [7, 11) is 0. The van der Waals surface area contributed by atoms with Crippen molar-refractivity contribution in [2.24, 2.45) is 0 Å². The maximum absolute atomic E-state index is 13.0. The van der Waals surface area contributed by atoms with Crippen LogP contribution in [0.3, 0.4) is 0 Å². The lowest BCUT2D eigenvalue weighted by molar-refractivity contribution is 0.0697. The topological polar surface area (TPSA) is 113 Å². The van der Waals surface area contributed by atoms with Crippen molar-refractivity contribution < 1.29 is 24.9 Å². The highest BCUT2D eigenvalue weighted by molar-refractivity contribution is 6.08. The summed E-state index contributed by atoms with van der Waals surface area (Å²) >= 11 is 0. The van der Waals surface area contributed by atoms with Gasteiger partial charge in [-0.2, -0.15) is 0 Å². The summed E-state index contributed by atoms with van der Waals surface area (Å²) in [6, 6.07) is 12.2. The van der Waals surface area contributed by atoms with Gasteiger partial charge < -0.3 is 25.5 Å². The Hall–Kier alpha value is -2.94. The fraction of sp³-hybridized carbons (Fsp3) is 0.462. The van der Waals surface area contributed by atoms with E-state index in [0.717, 1.165) is 37.2 Å². The lowest BCUT2D eigenvalue weighted by atomic mass is 10.1. The monoisotopic (exact) mass is 469 g/mol. The number of aromatic carboxylic acids is 1. The van der Waals surface area contributed by atoms with Gasteiger partial charge in [-0.05, 0) is 69.0 Å². The Morgan fingerprint density at radius 2 is 1.68 bits per heavy atom. The van der Waals surface area contributed by atoms with Crippen molar-refractivity contribution in [1.29, 1.82) is 0 Å². The molecule has 1 amide bonds. The average molecular weight is 470 g/mol. The highest BCUT2D eigenvalue weighted by atomic mass is 16.4. The van der Waals surface area contributed by atoms with E-state index in [0.29, 0.717) is 25.2 Å². The van der Waals surface area contributed by atoms with Gasteiger partial charge in [0.2, 0.25) is 0 Å². The van der Waals surface area contributed by atoms with E-state index in [1.165, 1.54) is 6.42 Å². The second kappa shape index (κ2) is 12.0. The number of carbonyl (C=O) groups is 2. The quantitative estimate of drug-likeness (QED) is 0.423. The van der Waals surface area contributed by atoms with E-state index in [4.69, 9.17) is 0 Å². The van der Waals surface area contributed by atoms with Gasteiger partial charge in [-0.25, -0.2) is 4.79 Å². The zero-order chi connectivity index (χ0) is 24.7. The Morgan fingerprint density at radius 3 is 2.29 bits per heavy atom. The third-order valence-corrected chi connectivity index (χ3v) is 5.84. The Labute approximate surface area is 200 Å². The standard InChI is InChI=1S/C26H35N3O5/c1-18(30)15-28(16-19(2)31)17-20-7-6-8-21(13-20)25(32)27-24-10-9-22(14-23(24)26(33)34)29-11-4-3-5-12-29/h6-10,13-14,18-19,30-31H,3-5,11-12,15-17H2,1-2H3,(H,27,32)(H,33,34). The average Bonchev–Trinajstić information content (AvgIpc) is 2.79. The summed E-state index contributed by atoms with van der Waals surface area (Å²) in [5.74, 6) is -1.48. The zero-order valence-electron chi connectivity index (χ0n) is 19.9. The van der Waals surface area contributed by atoms with Crippen LogP contribution in [0.1, 0.15) is 59.4 Å². The maximum Gasteiger partial charge on any atom is 0.337 e. The minimum Gasteiger partial charge on any atom is -0.478 e. The Balaban J connectivity index is 1.75. The van der Waals surface area contributed by atoms with E-state index in [1.54, 1.807) is 44.2 Å². The maximum atomic E-state index is 13.0. The van der Waals surface area contributed by atoms with E-state index in [9.17, 15) is 24.9 Å². The molecule has 1 heterocycles. The summed E-state index contributed by atoms with van der Waals surface area (Å²) in [6.45, 7) is 6.43. The first-order valence-corrected chi connectivity index (χ1v) is 11.8. The molecule has 2 aromatic rings. The molecular weight excluding hydrogens is 434 g/mol. The number of carbonyl (C=O) groups excluding carboxylic acids is 1. The van der Waals surface area contributed by atoms with Gasteiger partial charge in [0.05, 0.1) is 23.5 Å². The first-order chi connectivity index (χ1) is 16.2. The second-order valence-electron chi connectivity index (χ2n) is 9.13. The molecule has 0 radical (unpaired) electrons. The molecule has 4 N–H and O–H groups in total. The normalized spacial score (nSPS) is 15.7. The zero-order valence-corrected chi connectivity index (χ0v) is 19.9. The Bertz CT molecular complexity index is 976. The van der Waals surface area contributed by atoms with Gasteiger partial charge in [0.15, 0.2) is 0 Å². The lowest BCUT2D eigenvalue weighted by Gasteiger charge is -2.29. The SMILES string of the molecule is CC(O)CN(Cc1cccc(C(=O)Nc2ccc(N3CCCCC3)cc2C(=O)O)c1)CC(C)O. The number of nitrogens with zero attached hydrogens (tertiary/aromatic N) is 2. The molecular formula is C26H35N3O5. The van der Waals surface area contributed by atoms with Crippen molar-refractivity contribution in [3.63, 3.8) is 0 Å². The molecule has 1 fully saturated rings. The third-order valence-electron chi connectivity index (χ3n) is 5.84. The second-order valence-corrected chi connectivity index (χ2v) is 9.13. The van der Waals surface area contributed by atoms with Gasteiger partial charge >= 0.3 is 5.97 Å². The number of aliphatic hydroxyl groups is 2. The summed E-state index contributed by atoms with van der Waals surface area (Å²) < 4.78 is 0. The predicted octanol–water partition coefficient (Wildman–Crippen LogP) is 3.19. The number of benzene rings is 2. The molecule has 0 saturated carbocycles. The van der Waals surface area contributed by atoms with Crippen molar-refractivity contribution >= 4 is 23.3 Å². The molecule has 184 valence electrons. The van der Waals surface area contributed by atoms with E-state index in [2.05, 4.69) is 10.2 Å². The molecule has 1 aliphatic rings. The van der Waals surface area contributed by atoms with Crippen LogP contribution in [-0.2, 0) is 6.54 Å². The molecule has 0 aromatic heterocycles. The van der Waals surface area contributed by atoms with Crippen molar-refractivity contribution in [3.05, 3.63) is 59.2 Å². The number of carboxylic acid groups (broad SMARTS) is 1. The van der Waals surface area contributed by atoms with Gasteiger partial charge in [-0.3, -0.25) is 9.69 Å². The van der Waals surface area contributed by atoms with Crippen LogP contribution in [0.2, 0.25) is 0 Å².